The maximum atomic E-state index is 12.7. The van der Waals surface area contributed by atoms with Crippen LogP contribution in [0.5, 0.6) is 0 Å². The summed E-state index contributed by atoms with van der Waals surface area (Å²) in [5, 5.41) is 12.2. The van der Waals surface area contributed by atoms with Gasteiger partial charge in [-0.25, -0.2) is 4.79 Å². The number of carbonyl (C=O) groups excluding carboxylic acids is 2. The largest absolute Gasteiger partial charge is 0.478 e. The molecule has 1 aliphatic heterocycles. The average molecular weight is 364 g/mol. The first-order valence-electron chi connectivity index (χ1n) is 8.30. The second kappa shape index (κ2) is 8.38. The number of carboxylic acid groups (broad SMARTS) is 1. The van der Waals surface area contributed by atoms with Gasteiger partial charge >= 0.3 is 5.97 Å². The molecule has 0 radical (unpaired) electrons. The topological polar surface area (TPSA) is 86.7 Å². The van der Waals surface area contributed by atoms with E-state index in [0.717, 1.165) is 0 Å². The van der Waals surface area contributed by atoms with Crippen LogP contribution in [-0.2, 0) is 16.0 Å². The highest BCUT2D eigenvalue weighted by molar-refractivity contribution is 7.99. The highest BCUT2D eigenvalue weighted by atomic mass is 32.2. The highest BCUT2D eigenvalue weighted by Gasteiger charge is 2.35. The van der Waals surface area contributed by atoms with Crippen LogP contribution in [0.2, 0.25) is 0 Å². The molecule has 2 unspecified atom stereocenters. The molecular weight excluding hydrogens is 340 g/mol. The molecule has 2 atom stereocenters. The van der Waals surface area contributed by atoms with Crippen molar-refractivity contribution in [2.24, 2.45) is 5.92 Å². The van der Waals surface area contributed by atoms with Gasteiger partial charge in [0.2, 0.25) is 11.8 Å². The summed E-state index contributed by atoms with van der Waals surface area (Å²) in [6, 6.07) is 5.99. The Morgan fingerprint density at radius 1 is 1.28 bits per heavy atom. The summed E-state index contributed by atoms with van der Waals surface area (Å²) >= 11 is 1.53. The van der Waals surface area contributed by atoms with Crippen LogP contribution in [0.1, 0.15) is 36.7 Å². The molecule has 2 rings (SSSR count). The van der Waals surface area contributed by atoms with Gasteiger partial charge in [0.15, 0.2) is 0 Å². The Morgan fingerprint density at radius 2 is 1.96 bits per heavy atom. The Hall–Kier alpha value is -2.02. The first-order chi connectivity index (χ1) is 11.8. The fourth-order valence-corrected chi connectivity index (χ4v) is 3.72. The van der Waals surface area contributed by atoms with Crippen LogP contribution in [-0.4, -0.2) is 51.5 Å². The molecule has 0 aliphatic carbocycles. The quantitative estimate of drug-likeness (QED) is 0.806. The van der Waals surface area contributed by atoms with Gasteiger partial charge in [-0.05, 0) is 24.5 Å². The molecule has 0 spiro atoms. The number of carbonyl (C=O) groups is 3. The third-order valence-corrected chi connectivity index (χ3v) is 5.48. The molecular formula is C18H24N2O4S. The molecule has 0 saturated carbocycles. The van der Waals surface area contributed by atoms with Crippen LogP contribution < -0.4 is 5.32 Å². The van der Waals surface area contributed by atoms with Crippen molar-refractivity contribution in [2.45, 2.75) is 39.3 Å². The molecule has 1 aromatic carbocycles. The molecule has 7 heteroatoms. The number of carboxylic acids is 1. The lowest BCUT2D eigenvalue weighted by Crippen LogP contribution is -2.50. The maximum absolute atomic E-state index is 12.7. The molecule has 2 amide bonds. The van der Waals surface area contributed by atoms with Crippen molar-refractivity contribution in [3.8, 4) is 0 Å². The van der Waals surface area contributed by atoms with Crippen molar-refractivity contribution < 1.29 is 19.5 Å². The van der Waals surface area contributed by atoms with Crippen molar-refractivity contribution in [3.05, 3.63) is 35.4 Å². The number of thioether (sulfide) groups is 1. The summed E-state index contributed by atoms with van der Waals surface area (Å²) in [6.45, 7) is 6.00. The molecule has 6 nitrogen and oxygen atoms in total. The third kappa shape index (κ3) is 4.75. The van der Waals surface area contributed by atoms with Gasteiger partial charge in [0.25, 0.3) is 0 Å². The predicted octanol–water partition coefficient (Wildman–Crippen LogP) is 1.99. The van der Waals surface area contributed by atoms with E-state index in [1.54, 1.807) is 23.1 Å². The maximum Gasteiger partial charge on any atom is 0.335 e. The molecule has 0 aromatic heterocycles. The van der Waals surface area contributed by atoms with E-state index in [2.05, 4.69) is 5.32 Å². The standard InChI is InChI=1S/C18H24N2O4S/c1-11(2)12(3)19-17(22)15-9-25-10-20(15)16(21)8-13-6-4-5-7-14(13)18(23)24/h4-7,11-12,15H,8-10H2,1-3H3,(H,19,22)(H,23,24). The summed E-state index contributed by atoms with van der Waals surface area (Å²) in [7, 11) is 0. The van der Waals surface area contributed by atoms with E-state index in [0.29, 0.717) is 23.1 Å². The minimum atomic E-state index is -1.06. The first-order valence-corrected chi connectivity index (χ1v) is 9.45. The van der Waals surface area contributed by atoms with E-state index in [4.69, 9.17) is 0 Å². The van der Waals surface area contributed by atoms with Crippen LogP contribution in [0.3, 0.4) is 0 Å². The zero-order valence-corrected chi connectivity index (χ0v) is 15.5. The Bertz CT molecular complexity index is 662. The minimum absolute atomic E-state index is 0.0213. The number of nitrogens with one attached hydrogen (secondary N) is 1. The molecule has 1 aliphatic rings. The molecule has 2 N–H and O–H groups in total. The van der Waals surface area contributed by atoms with Crippen LogP contribution in [0, 0.1) is 5.92 Å². The number of rotatable bonds is 6. The lowest BCUT2D eigenvalue weighted by Gasteiger charge is -2.26. The molecule has 1 saturated heterocycles. The fraction of sp³-hybridized carbons (Fsp3) is 0.500. The Kier molecular flexibility index (Phi) is 6.47. The smallest absolute Gasteiger partial charge is 0.335 e. The Labute approximate surface area is 152 Å². The minimum Gasteiger partial charge on any atom is -0.478 e. The zero-order valence-electron chi connectivity index (χ0n) is 14.7. The van der Waals surface area contributed by atoms with Crippen molar-refractivity contribution in [1.29, 1.82) is 0 Å². The fourth-order valence-electron chi connectivity index (χ4n) is 2.54. The van der Waals surface area contributed by atoms with Crippen molar-refractivity contribution in [3.63, 3.8) is 0 Å². The number of hydrogen-bond donors (Lipinski definition) is 2. The molecule has 0 bridgehead atoms. The van der Waals surface area contributed by atoms with Gasteiger partial charge in [0, 0.05) is 11.8 Å². The highest BCUT2D eigenvalue weighted by Crippen LogP contribution is 2.23. The number of hydrogen-bond acceptors (Lipinski definition) is 4. The molecule has 1 aromatic rings. The lowest BCUT2D eigenvalue weighted by atomic mass is 10.0. The van der Waals surface area contributed by atoms with E-state index < -0.39 is 12.0 Å². The van der Waals surface area contributed by atoms with Crippen LogP contribution in [0.25, 0.3) is 0 Å². The normalized spacial score (nSPS) is 18.2. The van der Waals surface area contributed by atoms with Gasteiger partial charge < -0.3 is 15.3 Å². The van der Waals surface area contributed by atoms with Crippen LogP contribution in [0.15, 0.2) is 24.3 Å². The first kappa shape index (κ1) is 19.3. The van der Waals surface area contributed by atoms with E-state index in [1.165, 1.54) is 17.8 Å². The third-order valence-electron chi connectivity index (χ3n) is 4.46. The van der Waals surface area contributed by atoms with Gasteiger partial charge in [-0.2, -0.15) is 0 Å². The number of benzene rings is 1. The molecule has 136 valence electrons. The molecule has 1 fully saturated rings. The summed E-state index contributed by atoms with van der Waals surface area (Å²) < 4.78 is 0. The van der Waals surface area contributed by atoms with Crippen molar-refractivity contribution in [1.82, 2.24) is 10.2 Å². The number of nitrogens with zero attached hydrogens (tertiary/aromatic N) is 1. The van der Waals surface area contributed by atoms with E-state index in [-0.39, 0.29) is 29.8 Å². The van der Waals surface area contributed by atoms with E-state index >= 15 is 0 Å². The van der Waals surface area contributed by atoms with E-state index in [1.807, 2.05) is 20.8 Å². The van der Waals surface area contributed by atoms with Gasteiger partial charge in [0.1, 0.15) is 6.04 Å². The van der Waals surface area contributed by atoms with Gasteiger partial charge in [-0.15, -0.1) is 11.8 Å². The lowest BCUT2D eigenvalue weighted by molar-refractivity contribution is -0.137. The van der Waals surface area contributed by atoms with Gasteiger partial charge in [-0.3, -0.25) is 9.59 Å². The van der Waals surface area contributed by atoms with Gasteiger partial charge in [-0.1, -0.05) is 32.0 Å². The Morgan fingerprint density at radius 3 is 2.60 bits per heavy atom. The van der Waals surface area contributed by atoms with Crippen LogP contribution >= 0.6 is 11.8 Å². The number of amides is 2. The SMILES string of the molecule is CC(C)C(C)NC(=O)C1CSCN1C(=O)Cc1ccccc1C(=O)O. The summed E-state index contributed by atoms with van der Waals surface area (Å²) in [4.78, 5) is 38.0. The molecule has 1 heterocycles. The summed E-state index contributed by atoms with van der Waals surface area (Å²) in [5.74, 6) is -0.114. The predicted molar refractivity (Wildman–Crippen MR) is 97.5 cm³/mol. The Balaban J connectivity index is 2.08. The molecule has 25 heavy (non-hydrogen) atoms. The summed E-state index contributed by atoms with van der Waals surface area (Å²) in [6.07, 6.45) is -0.0213. The monoisotopic (exact) mass is 364 g/mol. The van der Waals surface area contributed by atoms with Gasteiger partial charge in [0.05, 0.1) is 17.9 Å². The van der Waals surface area contributed by atoms with Crippen molar-refractivity contribution >= 4 is 29.5 Å². The number of aromatic carboxylic acids is 1. The van der Waals surface area contributed by atoms with E-state index in [9.17, 15) is 19.5 Å². The second-order valence-corrected chi connectivity index (χ2v) is 7.56. The summed E-state index contributed by atoms with van der Waals surface area (Å²) in [5.41, 5.74) is 0.587. The van der Waals surface area contributed by atoms with Crippen LogP contribution in [0.4, 0.5) is 0 Å². The second-order valence-electron chi connectivity index (χ2n) is 6.56. The average Bonchev–Trinajstić information content (AvgIpc) is 3.04. The zero-order chi connectivity index (χ0) is 18.6. The van der Waals surface area contributed by atoms with Crippen molar-refractivity contribution in [2.75, 3.05) is 11.6 Å².